The summed E-state index contributed by atoms with van der Waals surface area (Å²) in [6.07, 6.45) is 6.53. The molecular weight excluding hydrogens is 354 g/mol. The third kappa shape index (κ3) is 3.84. The predicted molar refractivity (Wildman–Crippen MR) is 111 cm³/mol. The van der Waals surface area contributed by atoms with E-state index >= 15 is 0 Å². The molecule has 7 heteroatoms. The minimum atomic E-state index is -0.226. The molecule has 0 amide bonds. The topological polar surface area (TPSA) is 92.1 Å². The Kier molecular flexibility index (Phi) is 5.00. The first kappa shape index (κ1) is 18.4. The third-order valence-corrected chi connectivity index (χ3v) is 5.27. The van der Waals surface area contributed by atoms with Crippen molar-refractivity contribution in [3.8, 4) is 0 Å². The van der Waals surface area contributed by atoms with Crippen molar-refractivity contribution in [3.63, 3.8) is 0 Å². The first-order chi connectivity index (χ1) is 13.5. The molecular formula is C21H25N5O2. The molecule has 3 aromatic rings. The fraction of sp³-hybridized carbons (Fsp3) is 0.381. The predicted octanol–water partition coefficient (Wildman–Crippen LogP) is 3.10. The second-order valence-electron chi connectivity index (χ2n) is 7.55. The lowest BCUT2D eigenvalue weighted by atomic mass is 9.93. The van der Waals surface area contributed by atoms with Crippen molar-refractivity contribution in [2.24, 2.45) is 7.05 Å². The minimum absolute atomic E-state index is 0.0800. The summed E-state index contributed by atoms with van der Waals surface area (Å²) in [5.74, 6) is 1.93. The molecule has 3 heterocycles. The molecule has 4 rings (SSSR count). The van der Waals surface area contributed by atoms with Crippen LogP contribution in [0.2, 0.25) is 0 Å². The Hall–Kier alpha value is -2.93. The molecule has 0 aromatic carbocycles. The lowest BCUT2D eigenvalue weighted by molar-refractivity contribution is 0.126. The Bertz CT molecular complexity index is 1050. The minimum Gasteiger partial charge on any atom is -0.393 e. The van der Waals surface area contributed by atoms with Crippen LogP contribution in [0.15, 0.2) is 41.5 Å². The maximum absolute atomic E-state index is 12.8. The van der Waals surface area contributed by atoms with E-state index in [0.717, 1.165) is 36.6 Å². The number of nitrogens with zero attached hydrogens (tertiary/aromatic N) is 3. The molecule has 3 aromatic heterocycles. The summed E-state index contributed by atoms with van der Waals surface area (Å²) in [7, 11) is 1.74. The van der Waals surface area contributed by atoms with Crippen molar-refractivity contribution >= 4 is 28.2 Å². The number of aryl methyl sites for hydroxylation is 2. The molecule has 146 valence electrons. The number of nitrogens with one attached hydrogen (secondary N) is 2. The van der Waals surface area contributed by atoms with Gasteiger partial charge < -0.3 is 20.3 Å². The van der Waals surface area contributed by atoms with Gasteiger partial charge in [-0.1, -0.05) is 0 Å². The Morgan fingerprint density at radius 1 is 1.14 bits per heavy atom. The van der Waals surface area contributed by atoms with Gasteiger partial charge in [0.15, 0.2) is 0 Å². The number of aliphatic hydroxyl groups excluding tert-OH is 1. The monoisotopic (exact) mass is 379 g/mol. The largest absolute Gasteiger partial charge is 0.393 e. The number of aromatic nitrogens is 3. The van der Waals surface area contributed by atoms with Crippen LogP contribution in [0.25, 0.3) is 10.8 Å². The van der Waals surface area contributed by atoms with Crippen LogP contribution in [-0.4, -0.2) is 31.8 Å². The number of hydrogen-bond acceptors (Lipinski definition) is 6. The standard InChI is InChI=1S/C21H25N5O2/c1-13-7-9-22-17(11-13)24-18-12-14-8-10-26(2)21(28)19(14)20(25-18)23-15-3-5-16(27)6-4-15/h7-12,15-16,27H,3-6H2,1-2H3,(H2,22,23,24,25). The van der Waals surface area contributed by atoms with Crippen LogP contribution in [-0.2, 0) is 7.05 Å². The van der Waals surface area contributed by atoms with Crippen LogP contribution in [0.3, 0.4) is 0 Å². The average molecular weight is 379 g/mol. The molecule has 1 aliphatic rings. The van der Waals surface area contributed by atoms with Crippen LogP contribution < -0.4 is 16.2 Å². The van der Waals surface area contributed by atoms with Gasteiger partial charge >= 0.3 is 0 Å². The molecule has 1 saturated carbocycles. The number of fused-ring (bicyclic) bond motifs is 1. The van der Waals surface area contributed by atoms with Gasteiger partial charge in [0.2, 0.25) is 0 Å². The van der Waals surface area contributed by atoms with Crippen molar-refractivity contribution in [2.45, 2.75) is 44.8 Å². The van der Waals surface area contributed by atoms with Crippen molar-refractivity contribution in [3.05, 3.63) is 52.6 Å². The lowest BCUT2D eigenvalue weighted by Gasteiger charge is -2.27. The van der Waals surface area contributed by atoms with Gasteiger partial charge in [-0.2, -0.15) is 0 Å². The van der Waals surface area contributed by atoms with Crippen molar-refractivity contribution in [1.82, 2.24) is 14.5 Å². The van der Waals surface area contributed by atoms with Gasteiger partial charge in [-0.25, -0.2) is 9.97 Å². The number of aliphatic hydroxyl groups is 1. The van der Waals surface area contributed by atoms with E-state index in [1.54, 1.807) is 24.0 Å². The number of hydrogen-bond donors (Lipinski definition) is 3. The van der Waals surface area contributed by atoms with Crippen molar-refractivity contribution in [1.29, 1.82) is 0 Å². The third-order valence-electron chi connectivity index (χ3n) is 5.27. The molecule has 0 radical (unpaired) electrons. The molecule has 0 spiro atoms. The highest BCUT2D eigenvalue weighted by molar-refractivity contribution is 5.93. The smallest absolute Gasteiger partial charge is 0.261 e. The van der Waals surface area contributed by atoms with Crippen molar-refractivity contribution in [2.75, 3.05) is 10.6 Å². The molecule has 0 atom stereocenters. The molecule has 7 nitrogen and oxygen atoms in total. The molecule has 1 aliphatic carbocycles. The summed E-state index contributed by atoms with van der Waals surface area (Å²) in [4.78, 5) is 21.8. The van der Waals surface area contributed by atoms with E-state index in [1.807, 2.05) is 31.2 Å². The van der Waals surface area contributed by atoms with E-state index in [4.69, 9.17) is 4.98 Å². The van der Waals surface area contributed by atoms with Gasteiger partial charge in [0, 0.05) is 25.5 Å². The first-order valence-corrected chi connectivity index (χ1v) is 9.64. The van der Waals surface area contributed by atoms with Gasteiger partial charge in [0.05, 0.1) is 11.5 Å². The van der Waals surface area contributed by atoms with E-state index in [9.17, 15) is 9.90 Å². The molecule has 1 fully saturated rings. The average Bonchev–Trinajstić information content (AvgIpc) is 2.66. The van der Waals surface area contributed by atoms with Crippen LogP contribution in [0.1, 0.15) is 31.2 Å². The lowest BCUT2D eigenvalue weighted by Crippen LogP contribution is -2.29. The van der Waals surface area contributed by atoms with Gasteiger partial charge in [-0.3, -0.25) is 4.79 Å². The van der Waals surface area contributed by atoms with E-state index < -0.39 is 0 Å². The van der Waals surface area contributed by atoms with Crippen LogP contribution in [0.4, 0.5) is 17.5 Å². The summed E-state index contributed by atoms with van der Waals surface area (Å²) in [6.45, 7) is 2.01. The van der Waals surface area contributed by atoms with Gasteiger partial charge in [-0.05, 0) is 67.8 Å². The number of pyridine rings is 3. The zero-order valence-electron chi connectivity index (χ0n) is 16.1. The van der Waals surface area contributed by atoms with Crippen LogP contribution in [0.5, 0.6) is 0 Å². The van der Waals surface area contributed by atoms with Gasteiger partial charge in [-0.15, -0.1) is 0 Å². The van der Waals surface area contributed by atoms with E-state index in [0.29, 0.717) is 22.8 Å². The highest BCUT2D eigenvalue weighted by Gasteiger charge is 2.21. The highest BCUT2D eigenvalue weighted by atomic mass is 16.3. The fourth-order valence-corrected chi connectivity index (χ4v) is 3.67. The SMILES string of the molecule is Cc1ccnc(Nc2cc3ccn(C)c(=O)c3c(NC3CCC(O)CC3)n2)c1. The molecule has 3 N–H and O–H groups in total. The normalized spacial score (nSPS) is 19.5. The van der Waals surface area contributed by atoms with Crippen LogP contribution >= 0.6 is 0 Å². The summed E-state index contributed by atoms with van der Waals surface area (Å²) in [5, 5.41) is 17.9. The molecule has 0 bridgehead atoms. The zero-order chi connectivity index (χ0) is 19.7. The second-order valence-corrected chi connectivity index (χ2v) is 7.55. The van der Waals surface area contributed by atoms with Gasteiger partial charge in [0.1, 0.15) is 17.5 Å². The Morgan fingerprint density at radius 2 is 1.93 bits per heavy atom. The first-order valence-electron chi connectivity index (χ1n) is 9.64. The number of anilines is 3. The van der Waals surface area contributed by atoms with Gasteiger partial charge in [0.25, 0.3) is 5.56 Å². The molecule has 28 heavy (non-hydrogen) atoms. The van der Waals surface area contributed by atoms with E-state index in [-0.39, 0.29) is 17.7 Å². The molecule has 0 aliphatic heterocycles. The Morgan fingerprint density at radius 3 is 2.68 bits per heavy atom. The summed E-state index contributed by atoms with van der Waals surface area (Å²) in [5.41, 5.74) is 1.02. The summed E-state index contributed by atoms with van der Waals surface area (Å²) >= 11 is 0. The van der Waals surface area contributed by atoms with Crippen molar-refractivity contribution < 1.29 is 5.11 Å². The highest BCUT2D eigenvalue weighted by Crippen LogP contribution is 2.27. The second kappa shape index (κ2) is 7.59. The molecule has 0 unspecified atom stereocenters. The summed E-state index contributed by atoms with van der Waals surface area (Å²) in [6, 6.07) is 7.87. The number of rotatable bonds is 4. The quantitative estimate of drug-likeness (QED) is 0.645. The Balaban J connectivity index is 1.73. The van der Waals surface area contributed by atoms with E-state index in [1.165, 1.54) is 0 Å². The molecule has 0 saturated heterocycles. The zero-order valence-corrected chi connectivity index (χ0v) is 16.1. The maximum Gasteiger partial charge on any atom is 0.261 e. The maximum atomic E-state index is 12.8. The van der Waals surface area contributed by atoms with E-state index in [2.05, 4.69) is 15.6 Å². The Labute approximate surface area is 163 Å². The fourth-order valence-electron chi connectivity index (χ4n) is 3.67. The summed E-state index contributed by atoms with van der Waals surface area (Å²) < 4.78 is 1.56. The van der Waals surface area contributed by atoms with Crippen LogP contribution in [0, 0.1) is 6.92 Å².